The van der Waals surface area contributed by atoms with Crippen molar-refractivity contribution in [3.05, 3.63) is 87.7 Å². The maximum atomic E-state index is 13.5. The first-order chi connectivity index (χ1) is 16.2. The highest BCUT2D eigenvalue weighted by Crippen LogP contribution is 2.33. The van der Waals surface area contributed by atoms with E-state index < -0.39 is 28.4 Å². The molecule has 3 rings (SSSR count). The first kappa shape index (κ1) is 25.1. The van der Waals surface area contributed by atoms with Crippen molar-refractivity contribution in [2.45, 2.75) is 58.5 Å². The molecule has 6 N–H and O–H groups in total. The molecule has 2 aromatic heterocycles. The number of nitrogens with one attached hydrogen (secondary N) is 2. The number of hydrogen-bond donors (Lipinski definition) is 4. The number of aromatic nitrogens is 4. The Bertz CT molecular complexity index is 1320. The van der Waals surface area contributed by atoms with Gasteiger partial charge in [0.1, 0.15) is 11.6 Å². The fourth-order valence-corrected chi connectivity index (χ4v) is 4.06. The molecule has 0 aliphatic heterocycles. The molecule has 0 atom stereocenters. The van der Waals surface area contributed by atoms with Gasteiger partial charge in [-0.3, -0.25) is 28.7 Å². The molecule has 0 fully saturated rings. The van der Waals surface area contributed by atoms with Gasteiger partial charge >= 0.3 is 11.4 Å². The molecule has 34 heavy (non-hydrogen) atoms. The smallest absolute Gasteiger partial charge is 0.329 e. The summed E-state index contributed by atoms with van der Waals surface area (Å²) in [5.74, 6) is -1.40. The predicted octanol–water partition coefficient (Wildman–Crippen LogP) is 1.98. The molecule has 0 unspecified atom stereocenters. The molecule has 0 aliphatic carbocycles. The number of unbranched alkanes of at least 4 members (excludes halogenated alkanes) is 2. The zero-order chi connectivity index (χ0) is 25.0. The number of H-pyrrole nitrogens is 2. The summed E-state index contributed by atoms with van der Waals surface area (Å²) in [6.45, 7) is 4.25. The number of rotatable bonds is 9. The van der Waals surface area contributed by atoms with Crippen LogP contribution in [0.4, 0.5) is 11.6 Å². The number of nitrogens with zero attached hydrogens (tertiary/aromatic N) is 2. The highest BCUT2D eigenvalue weighted by atomic mass is 35.5. The Kier molecular flexibility index (Phi) is 7.83. The molecule has 0 bridgehead atoms. The van der Waals surface area contributed by atoms with Gasteiger partial charge in [-0.1, -0.05) is 50.4 Å². The summed E-state index contributed by atoms with van der Waals surface area (Å²) in [5, 5.41) is 0.451. The van der Waals surface area contributed by atoms with Crippen LogP contribution >= 0.6 is 11.6 Å². The van der Waals surface area contributed by atoms with Crippen molar-refractivity contribution in [3.63, 3.8) is 0 Å². The minimum Gasteiger partial charge on any atom is -0.385 e. The summed E-state index contributed by atoms with van der Waals surface area (Å²) in [6.07, 6.45) is 2.73. The van der Waals surface area contributed by atoms with Crippen molar-refractivity contribution < 1.29 is 0 Å². The fourth-order valence-electron chi connectivity index (χ4n) is 3.94. The van der Waals surface area contributed by atoms with Crippen molar-refractivity contribution in [1.29, 1.82) is 0 Å². The van der Waals surface area contributed by atoms with Gasteiger partial charge in [0.2, 0.25) is 0 Å². The van der Waals surface area contributed by atoms with Gasteiger partial charge in [0.05, 0.1) is 17.0 Å². The van der Waals surface area contributed by atoms with Crippen molar-refractivity contribution >= 4 is 23.2 Å². The number of halogens is 1. The number of hydrogen-bond acceptors (Lipinski definition) is 6. The second-order valence-corrected chi connectivity index (χ2v) is 8.56. The second-order valence-electron chi connectivity index (χ2n) is 8.12. The van der Waals surface area contributed by atoms with E-state index >= 15 is 0 Å². The minimum absolute atomic E-state index is 0.00378. The second kappa shape index (κ2) is 10.6. The van der Waals surface area contributed by atoms with Gasteiger partial charge in [-0.25, -0.2) is 9.59 Å². The molecule has 0 saturated carbocycles. The van der Waals surface area contributed by atoms with Crippen LogP contribution in [0.2, 0.25) is 5.02 Å². The third kappa shape index (κ3) is 4.86. The van der Waals surface area contributed by atoms with E-state index in [1.54, 1.807) is 24.3 Å². The van der Waals surface area contributed by atoms with Gasteiger partial charge in [0, 0.05) is 18.1 Å². The van der Waals surface area contributed by atoms with E-state index in [1.165, 1.54) is 0 Å². The summed E-state index contributed by atoms with van der Waals surface area (Å²) in [6, 6.07) is 6.51. The lowest BCUT2D eigenvalue weighted by atomic mass is 9.86. The van der Waals surface area contributed by atoms with Gasteiger partial charge in [0.15, 0.2) is 0 Å². The van der Waals surface area contributed by atoms with Crippen LogP contribution in [0.15, 0.2) is 43.4 Å². The molecule has 11 heteroatoms. The third-order valence-electron chi connectivity index (χ3n) is 5.76. The Morgan fingerprint density at radius 2 is 1.21 bits per heavy atom. The third-order valence-corrected chi connectivity index (χ3v) is 6.01. The molecule has 0 amide bonds. The van der Waals surface area contributed by atoms with Crippen molar-refractivity contribution in [2.24, 2.45) is 0 Å². The molecule has 3 aromatic rings. The zero-order valence-electron chi connectivity index (χ0n) is 19.2. The molecule has 0 radical (unpaired) electrons. The van der Waals surface area contributed by atoms with E-state index in [4.69, 9.17) is 23.1 Å². The first-order valence-corrected chi connectivity index (χ1v) is 11.6. The summed E-state index contributed by atoms with van der Waals surface area (Å²) in [5.41, 5.74) is 10.3. The van der Waals surface area contributed by atoms with Crippen LogP contribution in [0.1, 0.15) is 62.1 Å². The first-order valence-electron chi connectivity index (χ1n) is 11.2. The average molecular weight is 489 g/mol. The number of anilines is 2. The maximum Gasteiger partial charge on any atom is 0.329 e. The topological polar surface area (TPSA) is 162 Å². The molecular formula is C23H29ClN6O4. The number of benzene rings is 1. The number of aromatic amines is 2. The van der Waals surface area contributed by atoms with Gasteiger partial charge in [0.25, 0.3) is 11.1 Å². The molecule has 182 valence electrons. The minimum atomic E-state index is -1.05. The van der Waals surface area contributed by atoms with Crippen LogP contribution in [-0.4, -0.2) is 19.1 Å². The Morgan fingerprint density at radius 3 is 1.59 bits per heavy atom. The normalized spacial score (nSPS) is 11.3. The van der Waals surface area contributed by atoms with E-state index in [0.29, 0.717) is 23.4 Å². The monoisotopic (exact) mass is 488 g/mol. The Balaban J connectivity index is 2.40. The van der Waals surface area contributed by atoms with Crippen molar-refractivity contribution in [2.75, 3.05) is 11.5 Å². The predicted molar refractivity (Wildman–Crippen MR) is 134 cm³/mol. The highest BCUT2D eigenvalue weighted by molar-refractivity contribution is 6.30. The maximum absolute atomic E-state index is 13.5. The quantitative estimate of drug-likeness (QED) is 0.360. The van der Waals surface area contributed by atoms with Gasteiger partial charge in [-0.05, 0) is 30.5 Å². The molecule has 0 spiro atoms. The van der Waals surface area contributed by atoms with Gasteiger partial charge < -0.3 is 11.5 Å². The molecule has 0 saturated heterocycles. The zero-order valence-corrected chi connectivity index (χ0v) is 19.9. The number of nitrogens with two attached hydrogens (primary N) is 2. The SMILES string of the molecule is CCCCn1c(=O)[nH]c(N)c(C(c2ccc(Cl)cc2)c2c(N)[nH]c(=O)n(CCCC)c2=O)c1=O. The standard InChI is InChI=1S/C23H29ClN6O4/c1-3-5-11-29-20(31)16(18(25)27-22(29)33)15(13-7-9-14(24)10-8-13)17-19(26)28-23(34)30(21(17)32)12-6-4-2/h7-10,15H,3-6,11-12,25-26H2,1-2H3,(H,27,33)(H,28,34). The van der Waals surface area contributed by atoms with Crippen LogP contribution in [0.25, 0.3) is 0 Å². The lowest BCUT2D eigenvalue weighted by Gasteiger charge is -2.22. The summed E-state index contributed by atoms with van der Waals surface area (Å²) in [4.78, 5) is 57.1. The van der Waals surface area contributed by atoms with Gasteiger partial charge in [-0.2, -0.15) is 0 Å². The van der Waals surface area contributed by atoms with Crippen LogP contribution in [-0.2, 0) is 13.1 Å². The average Bonchev–Trinajstić information content (AvgIpc) is 2.78. The van der Waals surface area contributed by atoms with Crippen LogP contribution in [0.3, 0.4) is 0 Å². The lowest BCUT2D eigenvalue weighted by Crippen LogP contribution is -2.42. The van der Waals surface area contributed by atoms with E-state index in [9.17, 15) is 19.2 Å². The Hall–Kier alpha value is -3.53. The Labute approximate surface area is 200 Å². The van der Waals surface area contributed by atoms with E-state index in [-0.39, 0.29) is 35.9 Å². The van der Waals surface area contributed by atoms with E-state index in [1.807, 2.05) is 13.8 Å². The Morgan fingerprint density at radius 1 is 0.794 bits per heavy atom. The molecule has 10 nitrogen and oxygen atoms in total. The van der Waals surface area contributed by atoms with E-state index in [2.05, 4.69) is 9.97 Å². The van der Waals surface area contributed by atoms with Crippen LogP contribution in [0, 0.1) is 0 Å². The summed E-state index contributed by atoms with van der Waals surface area (Å²) >= 11 is 6.06. The summed E-state index contributed by atoms with van der Waals surface area (Å²) < 4.78 is 2.13. The number of nitrogen functional groups attached to an aromatic ring is 2. The van der Waals surface area contributed by atoms with Crippen molar-refractivity contribution in [1.82, 2.24) is 19.1 Å². The molecule has 0 aliphatic rings. The fraction of sp³-hybridized carbons (Fsp3) is 0.391. The lowest BCUT2D eigenvalue weighted by molar-refractivity contribution is 0.570. The molecule has 2 heterocycles. The van der Waals surface area contributed by atoms with Crippen LogP contribution in [0.5, 0.6) is 0 Å². The molecule has 1 aromatic carbocycles. The van der Waals surface area contributed by atoms with Crippen molar-refractivity contribution in [3.8, 4) is 0 Å². The van der Waals surface area contributed by atoms with Gasteiger partial charge in [-0.15, -0.1) is 0 Å². The van der Waals surface area contributed by atoms with Crippen LogP contribution < -0.4 is 34.0 Å². The summed E-state index contributed by atoms with van der Waals surface area (Å²) in [7, 11) is 0. The van der Waals surface area contributed by atoms with E-state index in [0.717, 1.165) is 22.0 Å². The molecular weight excluding hydrogens is 460 g/mol. The largest absolute Gasteiger partial charge is 0.385 e. The highest BCUT2D eigenvalue weighted by Gasteiger charge is 2.30.